The van der Waals surface area contributed by atoms with Gasteiger partial charge in [-0.1, -0.05) is 44.2 Å². The maximum Gasteiger partial charge on any atom is 0.240 e. The van der Waals surface area contributed by atoms with Crippen LogP contribution >= 0.6 is 0 Å². The van der Waals surface area contributed by atoms with E-state index in [9.17, 15) is 9.59 Å². The fourth-order valence-corrected chi connectivity index (χ4v) is 2.85. The van der Waals surface area contributed by atoms with Crippen molar-refractivity contribution in [2.24, 2.45) is 22.5 Å². The van der Waals surface area contributed by atoms with E-state index in [1.54, 1.807) is 0 Å². The summed E-state index contributed by atoms with van der Waals surface area (Å²) in [6.07, 6.45) is 3.66. The molecular weight excluding hydrogens is 332 g/mol. The molecule has 0 saturated carbocycles. The van der Waals surface area contributed by atoms with E-state index in [4.69, 9.17) is 16.7 Å². The first-order chi connectivity index (χ1) is 12.4. The summed E-state index contributed by atoms with van der Waals surface area (Å²) >= 11 is 0. The normalized spacial score (nSPS) is 13.7. The molecule has 0 aromatic heterocycles. The number of nitrogens with two attached hydrogens (primary N) is 2. The van der Waals surface area contributed by atoms with Crippen LogP contribution in [-0.2, 0) is 16.0 Å². The molecule has 0 radical (unpaired) electrons. The SMILES string of the molecule is CC(C)CC(C(N)=O)N(CC=NO)C(=O)C(N)CCCc1ccccc1. The predicted molar refractivity (Wildman–Crippen MR) is 102 cm³/mol. The lowest BCUT2D eigenvalue weighted by atomic mass is 9.99. The first kappa shape index (κ1) is 21.6. The topological polar surface area (TPSA) is 122 Å². The van der Waals surface area contributed by atoms with Crippen molar-refractivity contribution >= 4 is 18.0 Å². The number of primary amides is 1. The standard InChI is InChI=1S/C19H30N4O3/c1-14(2)13-17(18(21)24)23(12-11-22-26)19(25)16(20)10-6-9-15-7-4-3-5-8-15/h3-5,7-8,11,14,16-17,26H,6,9-10,12-13,20H2,1-2H3,(H2,21,24). The smallest absolute Gasteiger partial charge is 0.240 e. The molecule has 2 unspecified atom stereocenters. The van der Waals surface area contributed by atoms with E-state index in [0.717, 1.165) is 19.1 Å². The Morgan fingerprint density at radius 1 is 1.27 bits per heavy atom. The summed E-state index contributed by atoms with van der Waals surface area (Å²) in [5, 5.41) is 11.6. The average molecular weight is 362 g/mol. The molecule has 7 heteroatoms. The van der Waals surface area contributed by atoms with Crippen molar-refractivity contribution in [3.63, 3.8) is 0 Å². The first-order valence-corrected chi connectivity index (χ1v) is 8.92. The summed E-state index contributed by atoms with van der Waals surface area (Å²) in [6, 6.07) is 8.45. The molecule has 5 N–H and O–H groups in total. The Morgan fingerprint density at radius 3 is 2.46 bits per heavy atom. The Kier molecular flexibility index (Phi) is 9.36. The van der Waals surface area contributed by atoms with Crippen LogP contribution in [0.2, 0.25) is 0 Å². The zero-order valence-electron chi connectivity index (χ0n) is 15.5. The molecule has 0 bridgehead atoms. The Bertz CT molecular complexity index is 590. The van der Waals surface area contributed by atoms with Crippen molar-refractivity contribution in [3.8, 4) is 0 Å². The molecule has 0 aliphatic carbocycles. The third kappa shape index (κ3) is 7.23. The van der Waals surface area contributed by atoms with Crippen molar-refractivity contribution in [2.75, 3.05) is 6.54 Å². The highest BCUT2D eigenvalue weighted by atomic mass is 16.4. The van der Waals surface area contributed by atoms with Gasteiger partial charge in [0.25, 0.3) is 0 Å². The summed E-state index contributed by atoms with van der Waals surface area (Å²) in [5.41, 5.74) is 12.7. The molecule has 0 aliphatic rings. The van der Waals surface area contributed by atoms with Gasteiger partial charge in [-0.3, -0.25) is 9.59 Å². The fraction of sp³-hybridized carbons (Fsp3) is 0.526. The van der Waals surface area contributed by atoms with Crippen molar-refractivity contribution in [2.45, 2.75) is 51.6 Å². The number of rotatable bonds is 11. The minimum Gasteiger partial charge on any atom is -0.411 e. The van der Waals surface area contributed by atoms with Crippen molar-refractivity contribution < 1.29 is 14.8 Å². The van der Waals surface area contributed by atoms with Crippen LogP contribution in [0.1, 0.15) is 38.7 Å². The van der Waals surface area contributed by atoms with Gasteiger partial charge >= 0.3 is 0 Å². The second kappa shape index (κ2) is 11.3. The van der Waals surface area contributed by atoms with Crippen LogP contribution in [0.25, 0.3) is 0 Å². The van der Waals surface area contributed by atoms with Gasteiger partial charge in [-0.2, -0.15) is 0 Å². The summed E-state index contributed by atoms with van der Waals surface area (Å²) in [5.74, 6) is -0.777. The molecule has 1 aromatic rings. The van der Waals surface area contributed by atoms with Gasteiger partial charge in [-0.25, -0.2) is 0 Å². The number of hydrogen-bond donors (Lipinski definition) is 3. The molecule has 0 saturated heterocycles. The molecule has 26 heavy (non-hydrogen) atoms. The van der Waals surface area contributed by atoms with E-state index >= 15 is 0 Å². The lowest BCUT2D eigenvalue weighted by molar-refractivity contribution is -0.140. The molecule has 0 heterocycles. The number of hydrogen-bond acceptors (Lipinski definition) is 5. The van der Waals surface area contributed by atoms with Gasteiger partial charge in [0.1, 0.15) is 6.04 Å². The zero-order chi connectivity index (χ0) is 19.5. The highest BCUT2D eigenvalue weighted by Crippen LogP contribution is 2.14. The lowest BCUT2D eigenvalue weighted by Gasteiger charge is -2.31. The van der Waals surface area contributed by atoms with Crippen molar-refractivity contribution in [1.82, 2.24) is 4.90 Å². The van der Waals surface area contributed by atoms with Crippen LogP contribution in [0, 0.1) is 5.92 Å². The van der Waals surface area contributed by atoms with E-state index < -0.39 is 18.0 Å². The second-order valence-electron chi connectivity index (χ2n) is 6.82. The van der Waals surface area contributed by atoms with E-state index in [2.05, 4.69) is 5.16 Å². The van der Waals surface area contributed by atoms with Crippen molar-refractivity contribution in [1.29, 1.82) is 0 Å². The summed E-state index contributed by atoms with van der Waals surface area (Å²) in [4.78, 5) is 25.9. The number of carbonyl (C=O) groups is 2. The molecule has 0 spiro atoms. The van der Waals surface area contributed by atoms with Crippen LogP contribution < -0.4 is 11.5 Å². The van der Waals surface area contributed by atoms with Gasteiger partial charge in [0.15, 0.2) is 0 Å². The molecular formula is C19H30N4O3. The predicted octanol–water partition coefficient (Wildman–Crippen LogP) is 1.53. The molecule has 1 aromatic carbocycles. The molecule has 144 valence electrons. The molecule has 7 nitrogen and oxygen atoms in total. The van der Waals surface area contributed by atoms with Gasteiger partial charge in [0.2, 0.25) is 11.8 Å². The van der Waals surface area contributed by atoms with Gasteiger partial charge in [-0.05, 0) is 37.2 Å². The molecule has 2 atom stereocenters. The van der Waals surface area contributed by atoms with Crippen LogP contribution in [0.3, 0.4) is 0 Å². The Hall–Kier alpha value is -2.41. The van der Waals surface area contributed by atoms with E-state index in [-0.39, 0.29) is 18.4 Å². The van der Waals surface area contributed by atoms with Crippen LogP contribution in [0.5, 0.6) is 0 Å². The van der Waals surface area contributed by atoms with Gasteiger partial charge in [-0.15, -0.1) is 5.16 Å². The summed E-state index contributed by atoms with van der Waals surface area (Å²) in [7, 11) is 0. The number of benzene rings is 1. The summed E-state index contributed by atoms with van der Waals surface area (Å²) in [6.45, 7) is 3.87. The number of amides is 2. The maximum atomic E-state index is 12.8. The lowest BCUT2D eigenvalue weighted by Crippen LogP contribution is -2.54. The van der Waals surface area contributed by atoms with Crippen molar-refractivity contribution in [3.05, 3.63) is 35.9 Å². The first-order valence-electron chi connectivity index (χ1n) is 8.92. The van der Waals surface area contributed by atoms with Gasteiger partial charge < -0.3 is 21.6 Å². The highest BCUT2D eigenvalue weighted by Gasteiger charge is 2.31. The van der Waals surface area contributed by atoms with Crippen LogP contribution in [0.4, 0.5) is 0 Å². The quantitative estimate of drug-likeness (QED) is 0.314. The summed E-state index contributed by atoms with van der Waals surface area (Å²) < 4.78 is 0. The molecule has 2 amide bonds. The number of oxime groups is 1. The molecule has 1 rings (SSSR count). The zero-order valence-corrected chi connectivity index (χ0v) is 15.5. The third-order valence-electron chi connectivity index (χ3n) is 4.18. The Morgan fingerprint density at radius 2 is 1.92 bits per heavy atom. The minimum absolute atomic E-state index is 0.0119. The van der Waals surface area contributed by atoms with E-state index in [0.29, 0.717) is 12.8 Å². The second-order valence-corrected chi connectivity index (χ2v) is 6.82. The highest BCUT2D eigenvalue weighted by molar-refractivity contribution is 5.90. The average Bonchev–Trinajstić information content (AvgIpc) is 2.61. The van der Waals surface area contributed by atoms with Crippen LogP contribution in [-0.4, -0.2) is 46.8 Å². The van der Waals surface area contributed by atoms with E-state index in [1.165, 1.54) is 10.5 Å². The van der Waals surface area contributed by atoms with E-state index in [1.807, 2.05) is 44.2 Å². The maximum absolute atomic E-state index is 12.8. The Labute approximate surface area is 155 Å². The Balaban J connectivity index is 2.74. The largest absolute Gasteiger partial charge is 0.411 e. The number of carbonyl (C=O) groups excluding carboxylic acids is 2. The third-order valence-corrected chi connectivity index (χ3v) is 4.18. The van der Waals surface area contributed by atoms with Gasteiger partial charge in [0, 0.05) is 0 Å². The number of aryl methyl sites for hydroxylation is 1. The molecule has 0 aliphatic heterocycles. The minimum atomic E-state index is -0.777. The fourth-order valence-electron chi connectivity index (χ4n) is 2.85. The van der Waals surface area contributed by atoms with Gasteiger partial charge in [0.05, 0.1) is 18.8 Å². The monoisotopic (exact) mass is 362 g/mol. The van der Waals surface area contributed by atoms with Crippen LogP contribution in [0.15, 0.2) is 35.5 Å². The number of nitrogens with zero attached hydrogens (tertiary/aromatic N) is 2. The molecule has 0 fully saturated rings.